The smallest absolute Gasteiger partial charge is 0.406 e. The molecule has 108 valence electrons. The number of hydrogen-bond acceptors (Lipinski definition) is 2. The van der Waals surface area contributed by atoms with Gasteiger partial charge in [0.1, 0.15) is 5.75 Å². The molecule has 1 heterocycles. The van der Waals surface area contributed by atoms with Gasteiger partial charge in [-0.15, -0.1) is 13.2 Å². The highest BCUT2D eigenvalue weighted by Crippen LogP contribution is 2.27. The minimum atomic E-state index is -4.69. The first-order valence-corrected chi connectivity index (χ1v) is 6.72. The Morgan fingerprint density at radius 1 is 1.05 bits per heavy atom. The molecule has 0 unspecified atom stereocenters. The van der Waals surface area contributed by atoms with Crippen LogP contribution in [0.15, 0.2) is 53.1 Å². The van der Waals surface area contributed by atoms with Gasteiger partial charge in [0, 0.05) is 9.86 Å². The zero-order chi connectivity index (χ0) is 15.0. The van der Waals surface area contributed by atoms with Gasteiger partial charge in [0.25, 0.3) is 0 Å². The van der Waals surface area contributed by atoms with Crippen LogP contribution in [0.5, 0.6) is 5.75 Å². The average molecular weight is 357 g/mol. The Balaban J connectivity index is 1.98. The van der Waals surface area contributed by atoms with E-state index in [-0.39, 0.29) is 5.75 Å². The minimum Gasteiger partial charge on any atom is -0.406 e. The Bertz CT molecular complexity index is 781. The third-order valence-electron chi connectivity index (χ3n) is 2.88. The first-order chi connectivity index (χ1) is 9.94. The Hall–Kier alpha value is -2.02. The summed E-state index contributed by atoms with van der Waals surface area (Å²) in [7, 11) is 0. The molecule has 3 aromatic rings. The number of benzene rings is 2. The first kappa shape index (κ1) is 13.9. The fourth-order valence-corrected chi connectivity index (χ4v) is 2.47. The van der Waals surface area contributed by atoms with Crippen LogP contribution >= 0.6 is 15.9 Å². The summed E-state index contributed by atoms with van der Waals surface area (Å²) in [6.45, 7) is 0. The van der Waals surface area contributed by atoms with Crippen molar-refractivity contribution in [2.75, 3.05) is 0 Å². The van der Waals surface area contributed by atoms with Crippen LogP contribution in [-0.4, -0.2) is 16.1 Å². The molecule has 0 saturated carbocycles. The molecule has 0 aliphatic carbocycles. The van der Waals surface area contributed by atoms with Gasteiger partial charge in [0.05, 0.1) is 17.4 Å². The Kier molecular flexibility index (Phi) is 3.36. The largest absolute Gasteiger partial charge is 0.573 e. The minimum absolute atomic E-state index is 0.260. The van der Waals surface area contributed by atoms with Gasteiger partial charge in [-0.3, -0.25) is 0 Å². The highest BCUT2D eigenvalue weighted by atomic mass is 79.9. The van der Waals surface area contributed by atoms with Crippen molar-refractivity contribution >= 4 is 26.8 Å². The lowest BCUT2D eigenvalue weighted by Crippen LogP contribution is -2.17. The van der Waals surface area contributed by atoms with Crippen molar-refractivity contribution < 1.29 is 17.9 Å². The molecule has 0 bridgehead atoms. The molecule has 0 aliphatic rings. The molecule has 3 nitrogen and oxygen atoms in total. The molecule has 21 heavy (non-hydrogen) atoms. The van der Waals surface area contributed by atoms with Crippen molar-refractivity contribution in [1.82, 2.24) is 9.78 Å². The highest BCUT2D eigenvalue weighted by molar-refractivity contribution is 9.10. The summed E-state index contributed by atoms with van der Waals surface area (Å²) in [5.41, 5.74) is 1.51. The van der Waals surface area contributed by atoms with Gasteiger partial charge in [-0.05, 0) is 36.4 Å². The molecule has 7 heteroatoms. The summed E-state index contributed by atoms with van der Waals surface area (Å²) in [4.78, 5) is 0. The van der Waals surface area contributed by atoms with E-state index in [0.717, 1.165) is 15.4 Å². The average Bonchev–Trinajstić information content (AvgIpc) is 2.83. The van der Waals surface area contributed by atoms with E-state index in [0.29, 0.717) is 5.69 Å². The SMILES string of the molecule is FC(F)(F)Oc1ccc(-n2ncc3c(Br)cccc32)cc1. The number of nitrogens with zero attached hydrogens (tertiary/aromatic N) is 2. The summed E-state index contributed by atoms with van der Waals surface area (Å²) < 4.78 is 42.8. The Morgan fingerprint density at radius 2 is 1.76 bits per heavy atom. The van der Waals surface area contributed by atoms with Gasteiger partial charge in [-0.25, -0.2) is 4.68 Å². The first-order valence-electron chi connectivity index (χ1n) is 5.92. The van der Waals surface area contributed by atoms with Gasteiger partial charge in [0.15, 0.2) is 0 Å². The topological polar surface area (TPSA) is 27.1 Å². The van der Waals surface area contributed by atoms with Crippen LogP contribution < -0.4 is 4.74 Å². The summed E-state index contributed by atoms with van der Waals surface area (Å²) in [6.07, 6.45) is -3.00. The molecular weight excluding hydrogens is 349 g/mol. The number of rotatable bonds is 2. The molecule has 1 aromatic heterocycles. The van der Waals surface area contributed by atoms with Crippen LogP contribution in [0.1, 0.15) is 0 Å². The van der Waals surface area contributed by atoms with Gasteiger partial charge >= 0.3 is 6.36 Å². The molecule has 0 saturated heterocycles. The molecule has 0 atom stereocenters. The second kappa shape index (κ2) is 5.07. The summed E-state index contributed by atoms with van der Waals surface area (Å²) in [6, 6.07) is 11.2. The van der Waals surface area contributed by atoms with Crippen molar-refractivity contribution in [3.8, 4) is 11.4 Å². The summed E-state index contributed by atoms with van der Waals surface area (Å²) in [5, 5.41) is 5.18. The third kappa shape index (κ3) is 2.87. The zero-order valence-electron chi connectivity index (χ0n) is 10.4. The van der Waals surface area contributed by atoms with Crippen LogP contribution in [0.2, 0.25) is 0 Å². The predicted octanol–water partition coefficient (Wildman–Crippen LogP) is 4.69. The predicted molar refractivity (Wildman–Crippen MR) is 75.5 cm³/mol. The van der Waals surface area contributed by atoms with E-state index in [4.69, 9.17) is 0 Å². The normalized spacial score (nSPS) is 11.8. The van der Waals surface area contributed by atoms with E-state index in [1.165, 1.54) is 24.3 Å². The Labute approximate surface area is 126 Å². The number of aromatic nitrogens is 2. The maximum absolute atomic E-state index is 12.1. The van der Waals surface area contributed by atoms with Crippen LogP contribution in [0, 0.1) is 0 Å². The molecule has 0 N–H and O–H groups in total. The van der Waals surface area contributed by atoms with Gasteiger partial charge in [-0.2, -0.15) is 5.10 Å². The fraction of sp³-hybridized carbons (Fsp3) is 0.0714. The lowest BCUT2D eigenvalue weighted by molar-refractivity contribution is -0.274. The number of ether oxygens (including phenoxy) is 1. The van der Waals surface area contributed by atoms with E-state index in [2.05, 4.69) is 25.8 Å². The number of hydrogen-bond donors (Lipinski definition) is 0. The van der Waals surface area contributed by atoms with Crippen LogP contribution in [0.25, 0.3) is 16.6 Å². The van der Waals surface area contributed by atoms with E-state index < -0.39 is 6.36 Å². The number of halogens is 4. The van der Waals surface area contributed by atoms with Crippen LogP contribution in [-0.2, 0) is 0 Å². The second-order valence-electron chi connectivity index (χ2n) is 4.27. The molecule has 2 aromatic carbocycles. The molecule has 0 spiro atoms. The maximum Gasteiger partial charge on any atom is 0.573 e. The van der Waals surface area contributed by atoms with Crippen molar-refractivity contribution in [3.63, 3.8) is 0 Å². The summed E-state index contributed by atoms with van der Waals surface area (Å²) in [5.74, 6) is -0.260. The molecule has 0 aliphatic heterocycles. The lowest BCUT2D eigenvalue weighted by atomic mass is 10.2. The fourth-order valence-electron chi connectivity index (χ4n) is 2.01. The molecule has 0 amide bonds. The highest BCUT2D eigenvalue weighted by Gasteiger charge is 2.30. The summed E-state index contributed by atoms with van der Waals surface area (Å²) >= 11 is 3.43. The van der Waals surface area contributed by atoms with E-state index >= 15 is 0 Å². The van der Waals surface area contributed by atoms with Crippen molar-refractivity contribution in [3.05, 3.63) is 53.1 Å². The van der Waals surface area contributed by atoms with Crippen molar-refractivity contribution in [2.45, 2.75) is 6.36 Å². The Morgan fingerprint density at radius 3 is 2.43 bits per heavy atom. The number of fused-ring (bicyclic) bond motifs is 1. The van der Waals surface area contributed by atoms with E-state index in [9.17, 15) is 13.2 Å². The van der Waals surface area contributed by atoms with Gasteiger partial charge in [-0.1, -0.05) is 22.0 Å². The second-order valence-corrected chi connectivity index (χ2v) is 5.13. The molecule has 0 radical (unpaired) electrons. The standard InChI is InChI=1S/C14H8BrF3N2O/c15-12-2-1-3-13-11(12)8-19-20(13)9-4-6-10(7-5-9)21-14(16,17)18/h1-8H. The maximum atomic E-state index is 12.1. The van der Waals surface area contributed by atoms with E-state index in [1.807, 2.05) is 18.2 Å². The van der Waals surface area contributed by atoms with Crippen molar-refractivity contribution in [1.29, 1.82) is 0 Å². The zero-order valence-corrected chi connectivity index (χ0v) is 12.0. The quantitative estimate of drug-likeness (QED) is 0.666. The molecular formula is C14H8BrF3N2O. The molecule has 0 fully saturated rings. The monoisotopic (exact) mass is 356 g/mol. The number of alkyl halides is 3. The van der Waals surface area contributed by atoms with Gasteiger partial charge in [0.2, 0.25) is 0 Å². The third-order valence-corrected chi connectivity index (χ3v) is 3.57. The lowest BCUT2D eigenvalue weighted by Gasteiger charge is -2.09. The van der Waals surface area contributed by atoms with Crippen LogP contribution in [0.4, 0.5) is 13.2 Å². The van der Waals surface area contributed by atoms with Crippen molar-refractivity contribution in [2.24, 2.45) is 0 Å². The van der Waals surface area contributed by atoms with Crippen LogP contribution in [0.3, 0.4) is 0 Å². The van der Waals surface area contributed by atoms with E-state index in [1.54, 1.807) is 10.9 Å². The van der Waals surface area contributed by atoms with Gasteiger partial charge < -0.3 is 4.74 Å². The molecule has 3 rings (SSSR count).